The van der Waals surface area contributed by atoms with Crippen LogP contribution in [0.3, 0.4) is 0 Å². The Morgan fingerprint density at radius 2 is 2.46 bits per heavy atom. The van der Waals surface area contributed by atoms with Gasteiger partial charge in [-0.15, -0.1) is 0 Å². The molecular formula is C10H16N2O. The van der Waals surface area contributed by atoms with E-state index in [1.165, 1.54) is 0 Å². The fraction of sp³-hybridized carbons (Fsp3) is 0.700. The Kier molecular flexibility index (Phi) is 2.36. The van der Waals surface area contributed by atoms with E-state index in [9.17, 15) is 0 Å². The van der Waals surface area contributed by atoms with Gasteiger partial charge in [0, 0.05) is 18.4 Å². The zero-order valence-electron chi connectivity index (χ0n) is 8.21. The predicted octanol–water partition coefficient (Wildman–Crippen LogP) is 1.87. The number of oxazole rings is 1. The van der Waals surface area contributed by atoms with Crippen molar-refractivity contribution >= 4 is 0 Å². The number of aromatic nitrogens is 1. The van der Waals surface area contributed by atoms with E-state index < -0.39 is 0 Å². The Balaban J connectivity index is 2.12. The smallest absolute Gasteiger partial charge is 0.198 e. The maximum atomic E-state index is 5.68. The molecule has 3 heteroatoms. The lowest BCUT2D eigenvalue weighted by Gasteiger charge is -2.02. The molecule has 3 nitrogen and oxygen atoms in total. The summed E-state index contributed by atoms with van der Waals surface area (Å²) >= 11 is 0. The minimum atomic E-state index is 0.440. The summed E-state index contributed by atoms with van der Waals surface area (Å²) in [6, 6.07) is 0. The van der Waals surface area contributed by atoms with Crippen molar-refractivity contribution in [2.75, 3.05) is 13.1 Å². The van der Waals surface area contributed by atoms with Crippen LogP contribution in [0.15, 0.2) is 10.6 Å². The van der Waals surface area contributed by atoms with Gasteiger partial charge in [-0.3, -0.25) is 0 Å². The third-order valence-electron chi connectivity index (χ3n) is 2.52. The second-order valence-electron chi connectivity index (χ2n) is 3.95. The zero-order chi connectivity index (χ0) is 9.26. The van der Waals surface area contributed by atoms with Crippen molar-refractivity contribution in [2.45, 2.75) is 32.1 Å². The second-order valence-corrected chi connectivity index (χ2v) is 3.95. The van der Waals surface area contributed by atoms with E-state index in [1.54, 1.807) is 0 Å². The molecule has 1 aromatic heterocycles. The SMILES string of the molecule is CC(C)c1cnc(C2CCNC2)o1. The molecule has 1 aliphatic rings. The van der Waals surface area contributed by atoms with Crippen molar-refractivity contribution in [3.63, 3.8) is 0 Å². The average molecular weight is 180 g/mol. The van der Waals surface area contributed by atoms with Gasteiger partial charge in [0.05, 0.1) is 6.20 Å². The largest absolute Gasteiger partial charge is 0.445 e. The Morgan fingerprint density at radius 3 is 3.00 bits per heavy atom. The zero-order valence-corrected chi connectivity index (χ0v) is 8.21. The highest BCUT2D eigenvalue weighted by molar-refractivity contribution is 5.04. The standard InChI is InChI=1S/C10H16N2O/c1-7(2)9-6-12-10(13-9)8-3-4-11-5-8/h6-8,11H,3-5H2,1-2H3. The average Bonchev–Trinajstić information content (AvgIpc) is 2.75. The third-order valence-corrected chi connectivity index (χ3v) is 2.52. The van der Waals surface area contributed by atoms with Crippen molar-refractivity contribution in [1.29, 1.82) is 0 Å². The summed E-state index contributed by atoms with van der Waals surface area (Å²) in [6.07, 6.45) is 3.01. The van der Waals surface area contributed by atoms with E-state index in [-0.39, 0.29) is 0 Å². The van der Waals surface area contributed by atoms with E-state index in [0.717, 1.165) is 31.2 Å². The highest BCUT2D eigenvalue weighted by Crippen LogP contribution is 2.24. The Labute approximate surface area is 78.5 Å². The van der Waals surface area contributed by atoms with Crippen LogP contribution < -0.4 is 5.32 Å². The Morgan fingerprint density at radius 1 is 1.62 bits per heavy atom. The molecule has 1 atom stereocenters. The molecule has 1 aliphatic heterocycles. The van der Waals surface area contributed by atoms with Crippen LogP contribution in [-0.2, 0) is 0 Å². The van der Waals surface area contributed by atoms with Crippen molar-refractivity contribution < 1.29 is 4.42 Å². The summed E-state index contributed by atoms with van der Waals surface area (Å²) in [7, 11) is 0. The van der Waals surface area contributed by atoms with E-state index >= 15 is 0 Å². The summed E-state index contributed by atoms with van der Waals surface area (Å²) < 4.78 is 5.68. The molecule has 1 saturated heterocycles. The fourth-order valence-electron chi connectivity index (χ4n) is 1.62. The predicted molar refractivity (Wildman–Crippen MR) is 50.8 cm³/mol. The highest BCUT2D eigenvalue weighted by Gasteiger charge is 2.21. The normalized spacial score (nSPS) is 22.8. The van der Waals surface area contributed by atoms with Crippen LogP contribution in [-0.4, -0.2) is 18.1 Å². The van der Waals surface area contributed by atoms with Crippen molar-refractivity contribution in [3.8, 4) is 0 Å². The number of hydrogen-bond donors (Lipinski definition) is 1. The lowest BCUT2D eigenvalue weighted by molar-refractivity contribution is 0.413. The molecule has 13 heavy (non-hydrogen) atoms. The molecule has 2 heterocycles. The molecule has 0 amide bonds. The quantitative estimate of drug-likeness (QED) is 0.755. The lowest BCUT2D eigenvalue weighted by atomic mass is 10.1. The van der Waals surface area contributed by atoms with Gasteiger partial charge >= 0.3 is 0 Å². The minimum Gasteiger partial charge on any atom is -0.445 e. The highest BCUT2D eigenvalue weighted by atomic mass is 16.4. The molecular weight excluding hydrogens is 164 g/mol. The molecule has 72 valence electrons. The molecule has 0 aliphatic carbocycles. The first-order chi connectivity index (χ1) is 6.27. The number of nitrogens with one attached hydrogen (secondary N) is 1. The van der Waals surface area contributed by atoms with E-state index in [0.29, 0.717) is 11.8 Å². The van der Waals surface area contributed by atoms with Crippen LogP contribution >= 0.6 is 0 Å². The van der Waals surface area contributed by atoms with E-state index in [4.69, 9.17) is 4.42 Å². The molecule has 1 N–H and O–H groups in total. The van der Waals surface area contributed by atoms with Crippen LogP contribution in [0.1, 0.15) is 43.8 Å². The first-order valence-electron chi connectivity index (χ1n) is 4.93. The summed E-state index contributed by atoms with van der Waals surface area (Å²) in [5.74, 6) is 2.85. The molecule has 1 aromatic rings. The monoisotopic (exact) mass is 180 g/mol. The maximum absolute atomic E-state index is 5.68. The first-order valence-corrected chi connectivity index (χ1v) is 4.93. The number of nitrogens with zero attached hydrogens (tertiary/aromatic N) is 1. The van der Waals surface area contributed by atoms with Crippen molar-refractivity contribution in [2.24, 2.45) is 0 Å². The van der Waals surface area contributed by atoms with Gasteiger partial charge in [-0.2, -0.15) is 0 Å². The molecule has 0 saturated carbocycles. The fourth-order valence-corrected chi connectivity index (χ4v) is 1.62. The van der Waals surface area contributed by atoms with Gasteiger partial charge in [-0.1, -0.05) is 13.8 Å². The van der Waals surface area contributed by atoms with Gasteiger partial charge < -0.3 is 9.73 Å². The van der Waals surface area contributed by atoms with E-state index in [2.05, 4.69) is 24.1 Å². The van der Waals surface area contributed by atoms with Crippen LogP contribution in [0, 0.1) is 0 Å². The molecule has 0 radical (unpaired) electrons. The second kappa shape index (κ2) is 3.50. The van der Waals surface area contributed by atoms with Gasteiger partial charge in [-0.05, 0) is 13.0 Å². The summed E-state index contributed by atoms with van der Waals surface area (Å²) in [6.45, 7) is 6.34. The van der Waals surface area contributed by atoms with Crippen LogP contribution in [0.5, 0.6) is 0 Å². The molecule has 1 unspecified atom stereocenters. The summed E-state index contributed by atoms with van der Waals surface area (Å²) in [4.78, 5) is 4.31. The number of rotatable bonds is 2. The van der Waals surface area contributed by atoms with Crippen LogP contribution in [0.4, 0.5) is 0 Å². The summed E-state index contributed by atoms with van der Waals surface area (Å²) in [5, 5.41) is 3.31. The first kappa shape index (κ1) is 8.75. The van der Waals surface area contributed by atoms with Crippen molar-refractivity contribution in [3.05, 3.63) is 17.8 Å². The molecule has 1 fully saturated rings. The summed E-state index contributed by atoms with van der Waals surface area (Å²) in [5.41, 5.74) is 0. The Bertz CT molecular complexity index is 274. The maximum Gasteiger partial charge on any atom is 0.198 e. The van der Waals surface area contributed by atoms with Gasteiger partial charge in [0.1, 0.15) is 5.76 Å². The molecule has 0 bridgehead atoms. The van der Waals surface area contributed by atoms with Gasteiger partial charge in [0.15, 0.2) is 5.89 Å². The van der Waals surface area contributed by atoms with Crippen molar-refractivity contribution in [1.82, 2.24) is 10.3 Å². The van der Waals surface area contributed by atoms with Gasteiger partial charge in [0.25, 0.3) is 0 Å². The van der Waals surface area contributed by atoms with Gasteiger partial charge in [-0.25, -0.2) is 4.98 Å². The lowest BCUT2D eigenvalue weighted by Crippen LogP contribution is -2.07. The topological polar surface area (TPSA) is 38.1 Å². The van der Waals surface area contributed by atoms with Gasteiger partial charge in [0.2, 0.25) is 0 Å². The third kappa shape index (κ3) is 1.75. The van der Waals surface area contributed by atoms with Crippen LogP contribution in [0.25, 0.3) is 0 Å². The molecule has 2 rings (SSSR count). The number of hydrogen-bond acceptors (Lipinski definition) is 3. The van der Waals surface area contributed by atoms with Crippen LogP contribution in [0.2, 0.25) is 0 Å². The molecule has 0 aromatic carbocycles. The minimum absolute atomic E-state index is 0.440. The molecule has 0 spiro atoms. The Hall–Kier alpha value is -0.830. The van der Waals surface area contributed by atoms with E-state index in [1.807, 2.05) is 6.20 Å².